The van der Waals surface area contributed by atoms with Crippen LogP contribution < -0.4 is 11.3 Å². The van der Waals surface area contributed by atoms with Crippen LogP contribution in [-0.4, -0.2) is 14.3 Å². The van der Waals surface area contributed by atoms with Crippen LogP contribution in [0.4, 0.5) is 0 Å². The maximum Gasteiger partial charge on any atom is 0.264 e. The van der Waals surface area contributed by atoms with E-state index < -0.39 is 0 Å². The molecule has 0 saturated heterocycles. The van der Waals surface area contributed by atoms with Crippen molar-refractivity contribution in [2.24, 2.45) is 5.73 Å². The van der Waals surface area contributed by atoms with Crippen molar-refractivity contribution >= 4 is 10.8 Å². The number of aromatic nitrogens is 3. The molecule has 2 aromatic carbocycles. The van der Waals surface area contributed by atoms with Crippen LogP contribution in [0.5, 0.6) is 0 Å². The number of para-hydroxylation sites is 1. The second-order valence-corrected chi connectivity index (χ2v) is 7.70. The summed E-state index contributed by atoms with van der Waals surface area (Å²) in [6, 6.07) is 19.1. The number of pyridine rings is 1. The van der Waals surface area contributed by atoms with Gasteiger partial charge in [-0.15, -0.1) is 0 Å². The molecule has 5 rings (SSSR count). The molecule has 0 amide bonds. The molecule has 0 aliphatic carbocycles. The Morgan fingerprint density at radius 2 is 1.90 bits per heavy atom. The molecule has 2 aromatic heterocycles. The number of benzene rings is 2. The molecule has 1 atom stereocenters. The van der Waals surface area contributed by atoms with Crippen molar-refractivity contribution in [2.75, 3.05) is 0 Å². The third-order valence-corrected chi connectivity index (χ3v) is 5.55. The predicted octanol–water partition coefficient (Wildman–Crippen LogP) is 3.55. The minimum atomic E-state index is -0.287. The van der Waals surface area contributed by atoms with E-state index in [-0.39, 0.29) is 11.6 Å². The summed E-state index contributed by atoms with van der Waals surface area (Å²) in [6.45, 7) is 2.84. The summed E-state index contributed by atoms with van der Waals surface area (Å²) in [7, 11) is 0. The summed E-state index contributed by atoms with van der Waals surface area (Å²) in [4.78, 5) is 13.6. The van der Waals surface area contributed by atoms with Gasteiger partial charge in [0.15, 0.2) is 0 Å². The third-order valence-electron chi connectivity index (χ3n) is 5.55. The molecule has 0 radical (unpaired) electrons. The van der Waals surface area contributed by atoms with Crippen LogP contribution in [0.2, 0.25) is 0 Å². The Morgan fingerprint density at radius 3 is 2.67 bits per heavy atom. The molecule has 1 aliphatic rings. The van der Waals surface area contributed by atoms with Crippen molar-refractivity contribution in [3.05, 3.63) is 93.7 Å². The lowest BCUT2D eigenvalue weighted by molar-refractivity contribution is 0.654. The fraction of sp³-hybridized carbons (Fsp3) is 0.200. The van der Waals surface area contributed by atoms with E-state index in [1.54, 1.807) is 4.57 Å². The normalized spacial score (nSPS) is 13.7. The zero-order valence-corrected chi connectivity index (χ0v) is 16.8. The van der Waals surface area contributed by atoms with E-state index >= 15 is 0 Å². The number of hydrogen-bond acceptors (Lipinski definition) is 3. The smallest absolute Gasteiger partial charge is 0.264 e. The summed E-state index contributed by atoms with van der Waals surface area (Å²) >= 11 is 0. The number of nitrogens with two attached hydrogens (primary N) is 1. The van der Waals surface area contributed by atoms with Crippen molar-refractivity contribution in [2.45, 2.75) is 32.4 Å². The first kappa shape index (κ1) is 18.4. The molecule has 148 valence electrons. The number of fused-ring (bicyclic) bond motifs is 2. The zero-order valence-electron chi connectivity index (χ0n) is 16.8. The maximum absolute atomic E-state index is 13.6. The molecule has 0 spiro atoms. The van der Waals surface area contributed by atoms with Gasteiger partial charge in [-0.1, -0.05) is 36.3 Å². The molecule has 0 unspecified atom stereocenters. The summed E-state index contributed by atoms with van der Waals surface area (Å²) in [5.74, 6) is 6.34. The van der Waals surface area contributed by atoms with Crippen LogP contribution in [0.25, 0.3) is 16.5 Å². The van der Waals surface area contributed by atoms with E-state index in [0.717, 1.165) is 41.8 Å². The standard InChI is InChI=1S/C25H22N4O/c1-17(26)23-15-19-8-5-7-18(12-13-20-16-22-11-6-14-28(22)27-20)24(19)25(30)29(23)21-9-3-2-4-10-21/h2-5,7-10,15-17H,6,11,14,26H2,1H3/t17-/m0/s1. The SMILES string of the molecule is C[C@H](N)c1cc2cccc(C#Cc3cc4n(n3)CCC4)c2c(=O)n1-c1ccccc1. The molecule has 3 heterocycles. The van der Waals surface area contributed by atoms with E-state index in [1.807, 2.05) is 72.3 Å². The largest absolute Gasteiger partial charge is 0.323 e. The first-order valence-corrected chi connectivity index (χ1v) is 10.2. The third kappa shape index (κ3) is 3.12. The highest BCUT2D eigenvalue weighted by atomic mass is 16.1. The van der Waals surface area contributed by atoms with E-state index in [1.165, 1.54) is 5.69 Å². The molecule has 0 bridgehead atoms. The van der Waals surface area contributed by atoms with Gasteiger partial charge in [-0.25, -0.2) is 0 Å². The highest BCUT2D eigenvalue weighted by Crippen LogP contribution is 2.22. The van der Waals surface area contributed by atoms with E-state index in [0.29, 0.717) is 10.9 Å². The second-order valence-electron chi connectivity index (χ2n) is 7.70. The number of rotatable bonds is 2. The van der Waals surface area contributed by atoms with Crippen LogP contribution in [0.15, 0.2) is 65.5 Å². The molecule has 1 aliphatic heterocycles. The highest BCUT2D eigenvalue weighted by Gasteiger charge is 2.16. The maximum atomic E-state index is 13.6. The number of nitrogens with zero attached hydrogens (tertiary/aromatic N) is 3. The van der Waals surface area contributed by atoms with Gasteiger partial charge in [-0.2, -0.15) is 5.10 Å². The molecule has 0 fully saturated rings. The first-order valence-electron chi connectivity index (χ1n) is 10.2. The minimum absolute atomic E-state index is 0.108. The Hall–Kier alpha value is -3.62. The Balaban J connectivity index is 1.71. The quantitative estimate of drug-likeness (QED) is 0.529. The van der Waals surface area contributed by atoms with Gasteiger partial charge < -0.3 is 5.73 Å². The van der Waals surface area contributed by atoms with Crippen LogP contribution in [0, 0.1) is 11.8 Å². The lowest BCUT2D eigenvalue weighted by Gasteiger charge is -2.17. The fourth-order valence-electron chi connectivity index (χ4n) is 4.12. The van der Waals surface area contributed by atoms with Crippen molar-refractivity contribution in [1.82, 2.24) is 14.3 Å². The molecule has 5 nitrogen and oxygen atoms in total. The fourth-order valence-corrected chi connectivity index (χ4v) is 4.12. The van der Waals surface area contributed by atoms with Gasteiger partial charge in [0.05, 0.1) is 5.39 Å². The average molecular weight is 394 g/mol. The van der Waals surface area contributed by atoms with Gasteiger partial charge in [0, 0.05) is 35.2 Å². The van der Waals surface area contributed by atoms with Gasteiger partial charge >= 0.3 is 0 Å². The number of hydrogen-bond donors (Lipinski definition) is 1. The van der Waals surface area contributed by atoms with Gasteiger partial charge in [-0.3, -0.25) is 14.0 Å². The molecular formula is C25H22N4O. The monoisotopic (exact) mass is 394 g/mol. The summed E-state index contributed by atoms with van der Waals surface area (Å²) < 4.78 is 3.72. The zero-order chi connectivity index (χ0) is 20.7. The van der Waals surface area contributed by atoms with Crippen molar-refractivity contribution < 1.29 is 0 Å². The topological polar surface area (TPSA) is 65.8 Å². The van der Waals surface area contributed by atoms with E-state index in [9.17, 15) is 4.79 Å². The predicted molar refractivity (Wildman–Crippen MR) is 119 cm³/mol. The van der Waals surface area contributed by atoms with Crippen molar-refractivity contribution in [3.63, 3.8) is 0 Å². The Morgan fingerprint density at radius 1 is 1.07 bits per heavy atom. The van der Waals surface area contributed by atoms with Crippen LogP contribution in [0.3, 0.4) is 0 Å². The number of aryl methyl sites for hydroxylation is 2. The van der Waals surface area contributed by atoms with Crippen LogP contribution in [-0.2, 0) is 13.0 Å². The van der Waals surface area contributed by atoms with Crippen LogP contribution >= 0.6 is 0 Å². The van der Waals surface area contributed by atoms with Gasteiger partial charge in [-0.05, 0) is 61.4 Å². The lowest BCUT2D eigenvalue weighted by Crippen LogP contribution is -2.26. The molecular weight excluding hydrogens is 372 g/mol. The Kier molecular flexibility index (Phi) is 4.50. The molecule has 4 aromatic rings. The lowest BCUT2D eigenvalue weighted by atomic mass is 10.0. The average Bonchev–Trinajstić information content (AvgIpc) is 3.34. The Labute approximate surface area is 174 Å². The molecule has 0 saturated carbocycles. The summed E-state index contributed by atoms with van der Waals surface area (Å²) in [6.07, 6.45) is 2.19. The second kappa shape index (κ2) is 7.33. The molecule has 2 N–H and O–H groups in total. The molecule has 30 heavy (non-hydrogen) atoms. The van der Waals surface area contributed by atoms with Gasteiger partial charge in [0.25, 0.3) is 5.56 Å². The minimum Gasteiger partial charge on any atom is -0.323 e. The Bertz CT molecular complexity index is 1350. The van der Waals surface area contributed by atoms with E-state index in [2.05, 4.69) is 16.9 Å². The first-order chi connectivity index (χ1) is 14.6. The summed E-state index contributed by atoms with van der Waals surface area (Å²) in [5, 5.41) is 6.00. The van der Waals surface area contributed by atoms with E-state index in [4.69, 9.17) is 5.73 Å². The van der Waals surface area contributed by atoms with Crippen LogP contribution in [0.1, 0.15) is 42.0 Å². The highest BCUT2D eigenvalue weighted by molar-refractivity contribution is 5.88. The van der Waals surface area contributed by atoms with Crippen molar-refractivity contribution in [3.8, 4) is 17.5 Å². The van der Waals surface area contributed by atoms with Gasteiger partial charge in [0.2, 0.25) is 0 Å². The summed E-state index contributed by atoms with van der Waals surface area (Å²) in [5.41, 5.74) is 10.4. The molecule has 5 heteroatoms. The van der Waals surface area contributed by atoms with Gasteiger partial charge in [0.1, 0.15) is 5.69 Å². The van der Waals surface area contributed by atoms with Crippen molar-refractivity contribution in [1.29, 1.82) is 0 Å².